The zero-order valence-corrected chi connectivity index (χ0v) is 15.4. The van der Waals surface area contributed by atoms with Gasteiger partial charge in [0.2, 0.25) is 10.0 Å². The second-order valence-corrected chi connectivity index (χ2v) is 7.22. The average molecular weight is 379 g/mol. The van der Waals surface area contributed by atoms with E-state index in [1.54, 1.807) is 42.7 Å². The van der Waals surface area contributed by atoms with Gasteiger partial charge in [0.25, 0.3) is 5.91 Å². The summed E-state index contributed by atoms with van der Waals surface area (Å²) in [7, 11) is -0.658. The molecule has 0 fully saturated rings. The van der Waals surface area contributed by atoms with Gasteiger partial charge < -0.3 is 14.8 Å². The molecule has 26 heavy (non-hydrogen) atoms. The van der Waals surface area contributed by atoms with Crippen LogP contribution in [0.5, 0.6) is 11.5 Å². The third-order valence-corrected chi connectivity index (χ3v) is 4.86. The normalized spacial score (nSPS) is 11.0. The molecule has 0 bridgehead atoms. The van der Waals surface area contributed by atoms with Gasteiger partial charge in [-0.2, -0.15) is 0 Å². The van der Waals surface area contributed by atoms with Crippen molar-refractivity contribution in [1.82, 2.24) is 15.0 Å². The van der Waals surface area contributed by atoms with E-state index in [0.29, 0.717) is 11.5 Å². The molecule has 1 aromatic carbocycles. The number of carbonyl (C=O) groups excluding carboxylic acids is 1. The number of nitrogens with one attached hydrogen (secondary N) is 2. The molecular formula is C17H21N3O5S. The van der Waals surface area contributed by atoms with Crippen LogP contribution in [0.3, 0.4) is 0 Å². The number of pyridine rings is 1. The van der Waals surface area contributed by atoms with E-state index in [1.165, 1.54) is 14.2 Å². The lowest BCUT2D eigenvalue weighted by atomic mass is 10.1. The summed E-state index contributed by atoms with van der Waals surface area (Å²) in [6, 6.07) is 8.45. The summed E-state index contributed by atoms with van der Waals surface area (Å²) < 4.78 is 36.9. The van der Waals surface area contributed by atoms with Crippen LogP contribution in [0.1, 0.15) is 15.9 Å². The Morgan fingerprint density at radius 1 is 1.12 bits per heavy atom. The number of amides is 1. The number of carbonyl (C=O) groups is 1. The van der Waals surface area contributed by atoms with Crippen LogP contribution in [0, 0.1) is 0 Å². The highest BCUT2D eigenvalue weighted by Gasteiger charge is 2.18. The van der Waals surface area contributed by atoms with Gasteiger partial charge in [0.05, 0.1) is 20.0 Å². The fourth-order valence-electron chi connectivity index (χ4n) is 2.23. The summed E-state index contributed by atoms with van der Waals surface area (Å²) in [5.41, 5.74) is 0.970. The van der Waals surface area contributed by atoms with Crippen molar-refractivity contribution in [2.45, 2.75) is 6.54 Å². The monoisotopic (exact) mass is 379 g/mol. The smallest absolute Gasteiger partial charge is 0.258 e. The Balaban J connectivity index is 1.92. The minimum Gasteiger partial charge on any atom is -0.496 e. The summed E-state index contributed by atoms with van der Waals surface area (Å²) in [5.74, 6) is -0.0307. The molecule has 0 atom stereocenters. The average Bonchev–Trinajstić information content (AvgIpc) is 2.66. The van der Waals surface area contributed by atoms with Crippen LogP contribution in [0.2, 0.25) is 0 Å². The van der Waals surface area contributed by atoms with Gasteiger partial charge in [-0.05, 0) is 23.8 Å². The van der Waals surface area contributed by atoms with Gasteiger partial charge in [-0.15, -0.1) is 0 Å². The Hall–Kier alpha value is -2.65. The first kappa shape index (κ1) is 19.7. The van der Waals surface area contributed by atoms with Crippen molar-refractivity contribution in [1.29, 1.82) is 0 Å². The molecule has 0 radical (unpaired) electrons. The highest BCUT2D eigenvalue weighted by atomic mass is 32.2. The zero-order chi connectivity index (χ0) is 19.0. The molecule has 8 nitrogen and oxygen atoms in total. The van der Waals surface area contributed by atoms with E-state index < -0.39 is 15.9 Å². The molecule has 0 aliphatic heterocycles. The first-order chi connectivity index (χ1) is 12.5. The number of sulfonamides is 1. The SMILES string of the molecule is COc1cccc(OC)c1C(=O)NCCS(=O)(=O)NCc1cccnc1. The fourth-order valence-corrected chi connectivity index (χ4v) is 3.13. The Morgan fingerprint density at radius 3 is 2.38 bits per heavy atom. The number of ether oxygens (including phenoxy) is 2. The molecular weight excluding hydrogens is 358 g/mol. The molecule has 0 aliphatic rings. The largest absolute Gasteiger partial charge is 0.496 e. The van der Waals surface area contributed by atoms with Gasteiger partial charge >= 0.3 is 0 Å². The minimum atomic E-state index is -3.54. The topological polar surface area (TPSA) is 107 Å². The second-order valence-electron chi connectivity index (χ2n) is 5.29. The molecule has 1 aromatic heterocycles. The molecule has 0 spiro atoms. The Bertz CT molecular complexity index is 818. The van der Waals surface area contributed by atoms with Crippen LogP contribution in [0.4, 0.5) is 0 Å². The Morgan fingerprint density at radius 2 is 1.81 bits per heavy atom. The third-order valence-electron chi connectivity index (χ3n) is 3.53. The molecule has 2 aromatic rings. The van der Waals surface area contributed by atoms with Crippen LogP contribution in [-0.4, -0.2) is 45.8 Å². The zero-order valence-electron chi connectivity index (χ0n) is 14.6. The Labute approximate surface area is 152 Å². The van der Waals surface area contributed by atoms with E-state index >= 15 is 0 Å². The molecule has 0 saturated carbocycles. The molecule has 2 N–H and O–H groups in total. The number of nitrogens with zero attached hydrogens (tertiary/aromatic N) is 1. The number of aromatic nitrogens is 1. The van der Waals surface area contributed by atoms with Gasteiger partial charge in [-0.1, -0.05) is 12.1 Å². The molecule has 2 rings (SSSR count). The lowest BCUT2D eigenvalue weighted by Crippen LogP contribution is -2.34. The summed E-state index contributed by atoms with van der Waals surface area (Å²) in [6.45, 7) is 0.0901. The van der Waals surface area contributed by atoms with E-state index in [0.717, 1.165) is 5.56 Å². The van der Waals surface area contributed by atoms with Gasteiger partial charge in [0, 0.05) is 25.5 Å². The third kappa shape index (κ3) is 5.43. The first-order valence-electron chi connectivity index (χ1n) is 7.82. The quantitative estimate of drug-likeness (QED) is 0.672. The van der Waals surface area contributed by atoms with Crippen LogP contribution in [-0.2, 0) is 16.6 Å². The molecule has 1 amide bonds. The van der Waals surface area contributed by atoms with Crippen molar-refractivity contribution in [3.05, 3.63) is 53.9 Å². The fraction of sp³-hybridized carbons (Fsp3) is 0.294. The molecule has 0 aliphatic carbocycles. The number of hydrogen-bond acceptors (Lipinski definition) is 6. The van der Waals surface area contributed by atoms with Crippen molar-refractivity contribution in [2.24, 2.45) is 0 Å². The number of hydrogen-bond donors (Lipinski definition) is 2. The van der Waals surface area contributed by atoms with Crippen molar-refractivity contribution < 1.29 is 22.7 Å². The van der Waals surface area contributed by atoms with E-state index in [2.05, 4.69) is 15.0 Å². The van der Waals surface area contributed by atoms with Crippen molar-refractivity contribution >= 4 is 15.9 Å². The lowest BCUT2D eigenvalue weighted by molar-refractivity contribution is 0.0950. The molecule has 0 saturated heterocycles. The number of methoxy groups -OCH3 is 2. The summed E-state index contributed by atoms with van der Waals surface area (Å²) in [4.78, 5) is 16.3. The van der Waals surface area contributed by atoms with E-state index in [9.17, 15) is 13.2 Å². The van der Waals surface area contributed by atoms with Gasteiger partial charge in [-0.25, -0.2) is 13.1 Å². The highest BCUT2D eigenvalue weighted by molar-refractivity contribution is 7.89. The predicted molar refractivity (Wildman–Crippen MR) is 96.7 cm³/mol. The van der Waals surface area contributed by atoms with Gasteiger partial charge in [0.1, 0.15) is 17.1 Å². The van der Waals surface area contributed by atoms with Crippen molar-refractivity contribution in [3.63, 3.8) is 0 Å². The summed E-state index contributed by atoms with van der Waals surface area (Å²) >= 11 is 0. The van der Waals surface area contributed by atoms with E-state index in [1.807, 2.05) is 0 Å². The second kappa shape index (κ2) is 9.16. The maximum Gasteiger partial charge on any atom is 0.258 e. The van der Waals surface area contributed by atoms with Crippen molar-refractivity contribution in [3.8, 4) is 11.5 Å². The summed E-state index contributed by atoms with van der Waals surface area (Å²) in [6.07, 6.45) is 3.19. The molecule has 9 heteroatoms. The maximum atomic E-state index is 12.4. The highest BCUT2D eigenvalue weighted by Crippen LogP contribution is 2.27. The first-order valence-corrected chi connectivity index (χ1v) is 9.47. The van der Waals surface area contributed by atoms with Crippen LogP contribution in [0.25, 0.3) is 0 Å². The molecule has 140 valence electrons. The van der Waals surface area contributed by atoms with E-state index in [-0.39, 0.29) is 24.4 Å². The van der Waals surface area contributed by atoms with Gasteiger partial charge in [0.15, 0.2) is 0 Å². The van der Waals surface area contributed by atoms with Gasteiger partial charge in [-0.3, -0.25) is 9.78 Å². The number of rotatable bonds is 9. The standard InChI is InChI=1S/C17H21N3O5S/c1-24-14-6-3-7-15(25-2)16(14)17(21)19-9-10-26(22,23)20-12-13-5-4-8-18-11-13/h3-8,11,20H,9-10,12H2,1-2H3,(H,19,21). The lowest BCUT2D eigenvalue weighted by Gasteiger charge is -2.13. The van der Waals surface area contributed by atoms with Crippen LogP contribution >= 0.6 is 0 Å². The minimum absolute atomic E-state index is 0.0532. The van der Waals surface area contributed by atoms with E-state index in [4.69, 9.17) is 9.47 Å². The van der Waals surface area contributed by atoms with Crippen LogP contribution < -0.4 is 19.5 Å². The predicted octanol–water partition coefficient (Wildman–Crippen LogP) is 0.948. The maximum absolute atomic E-state index is 12.4. The Kier molecular flexibility index (Phi) is 6.93. The molecule has 1 heterocycles. The molecule has 0 unspecified atom stereocenters. The summed E-state index contributed by atoms with van der Waals surface area (Å²) in [5, 5.41) is 2.57. The van der Waals surface area contributed by atoms with Crippen LogP contribution in [0.15, 0.2) is 42.7 Å². The number of benzene rings is 1. The van der Waals surface area contributed by atoms with Crippen molar-refractivity contribution in [2.75, 3.05) is 26.5 Å².